The number of esters is 1. The summed E-state index contributed by atoms with van der Waals surface area (Å²) in [4.78, 5) is 41.5. The number of aromatic nitrogens is 1. The van der Waals surface area contributed by atoms with Gasteiger partial charge in [0.05, 0.1) is 23.3 Å². The van der Waals surface area contributed by atoms with E-state index in [9.17, 15) is 14.4 Å². The number of imide groups is 1. The van der Waals surface area contributed by atoms with Gasteiger partial charge >= 0.3 is 5.97 Å². The molecule has 0 spiro atoms. The fourth-order valence-electron chi connectivity index (χ4n) is 3.59. The number of carbonyl (C=O) groups excluding carboxylic acids is 3. The van der Waals surface area contributed by atoms with Gasteiger partial charge in [-0.2, -0.15) is 0 Å². The monoisotopic (exact) mass is 376 g/mol. The van der Waals surface area contributed by atoms with E-state index in [4.69, 9.17) is 4.74 Å². The fourth-order valence-corrected chi connectivity index (χ4v) is 3.59. The van der Waals surface area contributed by atoms with Crippen molar-refractivity contribution in [3.63, 3.8) is 0 Å². The van der Waals surface area contributed by atoms with E-state index in [-0.39, 0.29) is 24.4 Å². The third kappa shape index (κ3) is 3.07. The number of hydrogen-bond donors (Lipinski definition) is 1. The highest BCUT2D eigenvalue weighted by atomic mass is 16.5. The predicted octanol–water partition coefficient (Wildman–Crippen LogP) is 3.71. The van der Waals surface area contributed by atoms with Gasteiger partial charge in [-0.1, -0.05) is 30.3 Å². The molecule has 28 heavy (non-hydrogen) atoms. The quantitative estimate of drug-likeness (QED) is 0.404. The second-order valence-electron chi connectivity index (χ2n) is 6.82. The van der Waals surface area contributed by atoms with E-state index < -0.39 is 0 Å². The summed E-state index contributed by atoms with van der Waals surface area (Å²) in [5, 5.41) is 0.844. The van der Waals surface area contributed by atoms with Crippen molar-refractivity contribution >= 4 is 28.7 Å². The lowest BCUT2D eigenvalue weighted by molar-refractivity contribution is 0.0487. The summed E-state index contributed by atoms with van der Waals surface area (Å²) in [5.41, 5.74) is 3.13. The van der Waals surface area contributed by atoms with Crippen molar-refractivity contribution in [2.75, 3.05) is 13.2 Å². The molecule has 2 heterocycles. The van der Waals surface area contributed by atoms with Crippen LogP contribution in [0.2, 0.25) is 0 Å². The zero-order valence-electron chi connectivity index (χ0n) is 15.5. The molecule has 1 aliphatic heterocycles. The minimum atomic E-state index is -0.365. The Hall–Kier alpha value is -3.41. The summed E-state index contributed by atoms with van der Waals surface area (Å²) in [6.07, 6.45) is 1.15. The van der Waals surface area contributed by atoms with Crippen molar-refractivity contribution in [1.29, 1.82) is 0 Å². The molecule has 4 rings (SSSR count). The molecule has 1 N–H and O–H groups in total. The summed E-state index contributed by atoms with van der Waals surface area (Å²) in [5.74, 6) is -0.880. The van der Waals surface area contributed by atoms with E-state index in [0.717, 1.165) is 16.6 Å². The molecular formula is C22H20N2O4. The van der Waals surface area contributed by atoms with Crippen molar-refractivity contribution in [1.82, 2.24) is 9.88 Å². The molecule has 0 aliphatic carbocycles. The van der Waals surface area contributed by atoms with Crippen LogP contribution in [0.15, 0.2) is 48.5 Å². The van der Waals surface area contributed by atoms with Gasteiger partial charge in [0.15, 0.2) is 0 Å². The lowest BCUT2D eigenvalue weighted by Crippen LogP contribution is -2.30. The van der Waals surface area contributed by atoms with Crippen molar-refractivity contribution in [3.05, 3.63) is 70.9 Å². The van der Waals surface area contributed by atoms with Crippen LogP contribution >= 0.6 is 0 Å². The van der Waals surface area contributed by atoms with Crippen LogP contribution in [0.1, 0.15) is 49.6 Å². The second-order valence-corrected chi connectivity index (χ2v) is 6.82. The van der Waals surface area contributed by atoms with Crippen LogP contribution in [-0.4, -0.2) is 40.8 Å². The number of unbranched alkanes of at least 4 members (excludes halogenated alkanes) is 1. The van der Waals surface area contributed by atoms with E-state index in [0.29, 0.717) is 36.1 Å². The molecule has 1 aromatic heterocycles. The molecule has 0 fully saturated rings. The number of hydrogen-bond acceptors (Lipinski definition) is 4. The largest absolute Gasteiger partial charge is 0.462 e. The zero-order chi connectivity index (χ0) is 19.7. The fraction of sp³-hybridized carbons (Fsp3) is 0.227. The lowest BCUT2D eigenvalue weighted by atomic mass is 10.1. The van der Waals surface area contributed by atoms with Gasteiger partial charge in [0.25, 0.3) is 11.8 Å². The van der Waals surface area contributed by atoms with Gasteiger partial charge in [0.1, 0.15) is 0 Å². The molecule has 0 bridgehead atoms. The molecule has 0 radical (unpaired) electrons. The van der Waals surface area contributed by atoms with Crippen LogP contribution in [0.25, 0.3) is 10.9 Å². The normalized spacial score (nSPS) is 13.2. The third-order valence-corrected chi connectivity index (χ3v) is 4.99. The maximum atomic E-state index is 12.5. The molecule has 0 unspecified atom stereocenters. The van der Waals surface area contributed by atoms with Gasteiger partial charge in [-0.3, -0.25) is 14.5 Å². The Morgan fingerprint density at radius 2 is 1.61 bits per heavy atom. The molecule has 6 heteroatoms. The Morgan fingerprint density at radius 1 is 0.964 bits per heavy atom. The molecule has 2 aromatic carbocycles. The number of rotatable bonds is 6. The molecular weight excluding hydrogens is 356 g/mol. The molecule has 3 aromatic rings. The number of ether oxygens (including phenoxy) is 1. The summed E-state index contributed by atoms with van der Waals surface area (Å²) in [7, 11) is 0. The Labute approximate surface area is 162 Å². The first kappa shape index (κ1) is 18.0. The number of nitrogens with one attached hydrogen (secondary N) is 1. The number of H-pyrrole nitrogens is 1. The molecule has 1 aliphatic rings. The van der Waals surface area contributed by atoms with Crippen molar-refractivity contribution < 1.29 is 19.1 Å². The smallest absolute Gasteiger partial charge is 0.340 e. The maximum absolute atomic E-state index is 12.5. The number of carbonyl (C=O) groups is 3. The lowest BCUT2D eigenvalue weighted by Gasteiger charge is -2.13. The minimum absolute atomic E-state index is 0.237. The third-order valence-electron chi connectivity index (χ3n) is 4.99. The Morgan fingerprint density at radius 3 is 2.32 bits per heavy atom. The highest BCUT2D eigenvalue weighted by molar-refractivity contribution is 6.21. The molecule has 0 saturated heterocycles. The second kappa shape index (κ2) is 7.31. The number of para-hydroxylation sites is 1. The molecule has 6 nitrogen and oxygen atoms in total. The number of aromatic amines is 1. The highest BCUT2D eigenvalue weighted by Crippen LogP contribution is 2.24. The molecule has 0 saturated carbocycles. The first-order chi connectivity index (χ1) is 13.6. The van der Waals surface area contributed by atoms with Gasteiger partial charge in [-0.05, 0) is 38.0 Å². The molecule has 0 atom stereocenters. The number of fused-ring (bicyclic) bond motifs is 2. The van der Waals surface area contributed by atoms with Crippen molar-refractivity contribution in [2.45, 2.75) is 19.8 Å². The SMILES string of the molecule is Cc1[nH]c2ccccc2c1C(=O)OCCCCN1C(=O)c2ccccc2C1=O. The first-order valence-corrected chi connectivity index (χ1v) is 9.27. The highest BCUT2D eigenvalue weighted by Gasteiger charge is 2.34. The van der Waals surface area contributed by atoms with Crippen LogP contribution in [0.4, 0.5) is 0 Å². The van der Waals surface area contributed by atoms with Crippen LogP contribution < -0.4 is 0 Å². The Bertz CT molecular complexity index is 1050. The van der Waals surface area contributed by atoms with E-state index in [1.807, 2.05) is 31.2 Å². The molecule has 142 valence electrons. The average molecular weight is 376 g/mol. The maximum Gasteiger partial charge on any atom is 0.340 e. The number of aryl methyl sites for hydroxylation is 1. The van der Waals surface area contributed by atoms with Crippen LogP contribution in [0.3, 0.4) is 0 Å². The number of benzene rings is 2. The van der Waals surface area contributed by atoms with E-state index in [2.05, 4.69) is 4.98 Å². The van der Waals surface area contributed by atoms with Gasteiger partial charge in [0, 0.05) is 23.1 Å². The summed E-state index contributed by atoms with van der Waals surface area (Å²) < 4.78 is 5.41. The summed E-state index contributed by atoms with van der Waals surface area (Å²) >= 11 is 0. The van der Waals surface area contributed by atoms with E-state index >= 15 is 0 Å². The predicted molar refractivity (Wildman–Crippen MR) is 104 cm³/mol. The topological polar surface area (TPSA) is 79.5 Å². The molecule has 2 amide bonds. The van der Waals surface area contributed by atoms with Gasteiger partial charge < -0.3 is 9.72 Å². The van der Waals surface area contributed by atoms with Gasteiger partial charge in [0.2, 0.25) is 0 Å². The summed E-state index contributed by atoms with van der Waals surface area (Å²) in [6, 6.07) is 14.4. The zero-order valence-corrected chi connectivity index (χ0v) is 15.5. The minimum Gasteiger partial charge on any atom is -0.462 e. The van der Waals surface area contributed by atoms with Crippen molar-refractivity contribution in [2.24, 2.45) is 0 Å². The average Bonchev–Trinajstić information content (AvgIpc) is 3.16. The van der Waals surface area contributed by atoms with Crippen LogP contribution in [-0.2, 0) is 4.74 Å². The van der Waals surface area contributed by atoms with E-state index in [1.165, 1.54) is 4.90 Å². The Balaban J connectivity index is 1.30. The Kier molecular flexibility index (Phi) is 4.69. The van der Waals surface area contributed by atoms with Crippen LogP contribution in [0.5, 0.6) is 0 Å². The van der Waals surface area contributed by atoms with Crippen LogP contribution in [0, 0.1) is 6.92 Å². The van der Waals surface area contributed by atoms with E-state index in [1.54, 1.807) is 24.3 Å². The van der Waals surface area contributed by atoms with Gasteiger partial charge in [-0.25, -0.2) is 4.79 Å². The number of nitrogens with zero attached hydrogens (tertiary/aromatic N) is 1. The standard InChI is InChI=1S/C22H20N2O4/c1-14-19(17-10-4-5-11-18(17)23-14)22(27)28-13-7-6-12-24-20(25)15-8-2-3-9-16(15)21(24)26/h2-5,8-11,23H,6-7,12-13H2,1H3. The van der Waals surface area contributed by atoms with Gasteiger partial charge in [-0.15, -0.1) is 0 Å². The van der Waals surface area contributed by atoms with Crippen molar-refractivity contribution in [3.8, 4) is 0 Å². The first-order valence-electron chi connectivity index (χ1n) is 9.27. The number of amides is 2. The summed E-state index contributed by atoms with van der Waals surface area (Å²) in [6.45, 7) is 2.40.